The maximum Gasteiger partial charge on any atom is 0.340 e. The van der Waals surface area contributed by atoms with Crippen molar-refractivity contribution in [1.29, 1.82) is 0 Å². The maximum atomic E-state index is 11.7. The standard InChI is InChI=1S/C12H17NO4/c1-7(2)5-9-10(12(15)17-4)8(6-13-9)11(14)16-3/h6-7,13H,5H2,1-4H3. The molecule has 0 aliphatic heterocycles. The second-order valence-corrected chi connectivity index (χ2v) is 4.14. The SMILES string of the molecule is COC(=O)c1c[nH]c(CC(C)C)c1C(=O)OC. The number of hydrogen-bond donors (Lipinski definition) is 1. The van der Waals surface area contributed by atoms with E-state index in [1.54, 1.807) is 0 Å². The van der Waals surface area contributed by atoms with Crippen LogP contribution in [0.4, 0.5) is 0 Å². The number of aromatic amines is 1. The monoisotopic (exact) mass is 239 g/mol. The van der Waals surface area contributed by atoms with Gasteiger partial charge in [0.25, 0.3) is 0 Å². The molecule has 1 aromatic heterocycles. The van der Waals surface area contributed by atoms with Gasteiger partial charge in [0.2, 0.25) is 0 Å². The Morgan fingerprint density at radius 3 is 2.29 bits per heavy atom. The summed E-state index contributed by atoms with van der Waals surface area (Å²) in [6.07, 6.45) is 2.15. The number of nitrogens with one attached hydrogen (secondary N) is 1. The van der Waals surface area contributed by atoms with Crippen LogP contribution in [-0.4, -0.2) is 31.1 Å². The van der Waals surface area contributed by atoms with Gasteiger partial charge in [-0.1, -0.05) is 13.8 Å². The van der Waals surface area contributed by atoms with Crippen LogP contribution in [0, 0.1) is 5.92 Å². The van der Waals surface area contributed by atoms with E-state index in [2.05, 4.69) is 14.5 Å². The molecule has 1 heterocycles. The molecule has 1 aromatic rings. The van der Waals surface area contributed by atoms with Crippen molar-refractivity contribution in [3.05, 3.63) is 23.0 Å². The van der Waals surface area contributed by atoms with E-state index in [1.807, 2.05) is 13.8 Å². The van der Waals surface area contributed by atoms with E-state index < -0.39 is 11.9 Å². The number of ether oxygens (including phenoxy) is 2. The van der Waals surface area contributed by atoms with E-state index in [9.17, 15) is 9.59 Å². The van der Waals surface area contributed by atoms with Gasteiger partial charge in [0, 0.05) is 11.9 Å². The highest BCUT2D eigenvalue weighted by atomic mass is 16.5. The molecule has 0 fully saturated rings. The second kappa shape index (κ2) is 5.52. The number of methoxy groups -OCH3 is 2. The smallest absolute Gasteiger partial charge is 0.340 e. The molecule has 1 N–H and O–H groups in total. The van der Waals surface area contributed by atoms with Crippen molar-refractivity contribution in [2.24, 2.45) is 5.92 Å². The zero-order valence-corrected chi connectivity index (χ0v) is 10.5. The molecule has 0 radical (unpaired) electrons. The first-order valence-corrected chi connectivity index (χ1v) is 5.38. The molecular weight excluding hydrogens is 222 g/mol. The molecule has 0 saturated heterocycles. The molecular formula is C12H17NO4. The number of aromatic nitrogens is 1. The van der Waals surface area contributed by atoms with Gasteiger partial charge < -0.3 is 14.5 Å². The number of rotatable bonds is 4. The Morgan fingerprint density at radius 1 is 1.24 bits per heavy atom. The predicted octanol–water partition coefficient (Wildman–Crippen LogP) is 1.79. The Labute approximate surface area is 100 Å². The van der Waals surface area contributed by atoms with Gasteiger partial charge in [-0.2, -0.15) is 0 Å². The molecule has 1 rings (SSSR count). The first-order chi connectivity index (χ1) is 8.01. The lowest BCUT2D eigenvalue weighted by Gasteiger charge is -2.06. The molecule has 0 aromatic carbocycles. The summed E-state index contributed by atoms with van der Waals surface area (Å²) in [4.78, 5) is 26.1. The number of esters is 2. The van der Waals surface area contributed by atoms with Crippen LogP contribution in [0.5, 0.6) is 0 Å². The number of carbonyl (C=O) groups is 2. The molecule has 0 aliphatic carbocycles. The van der Waals surface area contributed by atoms with Gasteiger partial charge in [0.05, 0.1) is 25.3 Å². The fraction of sp³-hybridized carbons (Fsp3) is 0.500. The summed E-state index contributed by atoms with van der Waals surface area (Å²) in [6, 6.07) is 0. The third-order valence-corrected chi connectivity index (χ3v) is 2.37. The zero-order valence-electron chi connectivity index (χ0n) is 10.5. The van der Waals surface area contributed by atoms with Crippen LogP contribution in [0.25, 0.3) is 0 Å². The molecule has 0 amide bonds. The minimum absolute atomic E-state index is 0.218. The Balaban J connectivity index is 3.19. The van der Waals surface area contributed by atoms with Crippen molar-refractivity contribution in [1.82, 2.24) is 4.98 Å². The van der Waals surface area contributed by atoms with Crippen molar-refractivity contribution in [2.75, 3.05) is 14.2 Å². The van der Waals surface area contributed by atoms with Crippen LogP contribution in [0.15, 0.2) is 6.20 Å². The Morgan fingerprint density at radius 2 is 1.82 bits per heavy atom. The van der Waals surface area contributed by atoms with Crippen molar-refractivity contribution < 1.29 is 19.1 Å². The second-order valence-electron chi connectivity index (χ2n) is 4.14. The molecule has 0 atom stereocenters. The number of carbonyl (C=O) groups excluding carboxylic acids is 2. The van der Waals surface area contributed by atoms with Crippen molar-refractivity contribution in [3.8, 4) is 0 Å². The maximum absolute atomic E-state index is 11.7. The van der Waals surface area contributed by atoms with Crippen molar-refractivity contribution >= 4 is 11.9 Å². The van der Waals surface area contributed by atoms with Crippen LogP contribution >= 0.6 is 0 Å². The third kappa shape index (κ3) is 2.87. The lowest BCUT2D eigenvalue weighted by molar-refractivity contribution is 0.0555. The van der Waals surface area contributed by atoms with Gasteiger partial charge in [-0.15, -0.1) is 0 Å². The molecule has 5 nitrogen and oxygen atoms in total. The summed E-state index contributed by atoms with van der Waals surface area (Å²) in [7, 11) is 2.56. The van der Waals surface area contributed by atoms with Crippen LogP contribution < -0.4 is 0 Å². The van der Waals surface area contributed by atoms with E-state index in [4.69, 9.17) is 0 Å². The van der Waals surface area contributed by atoms with Crippen LogP contribution in [0.3, 0.4) is 0 Å². The third-order valence-electron chi connectivity index (χ3n) is 2.37. The van der Waals surface area contributed by atoms with Gasteiger partial charge in [0.1, 0.15) is 0 Å². The predicted molar refractivity (Wildman–Crippen MR) is 62.0 cm³/mol. The minimum Gasteiger partial charge on any atom is -0.465 e. The van der Waals surface area contributed by atoms with Gasteiger partial charge in [-0.05, 0) is 12.3 Å². The highest BCUT2D eigenvalue weighted by Gasteiger charge is 2.24. The molecule has 0 aliphatic rings. The summed E-state index contributed by atoms with van der Waals surface area (Å²) in [5.41, 5.74) is 1.19. The lowest BCUT2D eigenvalue weighted by Crippen LogP contribution is -2.12. The molecule has 0 bridgehead atoms. The average molecular weight is 239 g/mol. The van der Waals surface area contributed by atoms with Crippen molar-refractivity contribution in [2.45, 2.75) is 20.3 Å². The van der Waals surface area contributed by atoms with Gasteiger partial charge in [0.15, 0.2) is 0 Å². The van der Waals surface area contributed by atoms with Crippen LogP contribution in [-0.2, 0) is 15.9 Å². The average Bonchev–Trinajstić information content (AvgIpc) is 2.69. The van der Waals surface area contributed by atoms with E-state index in [-0.39, 0.29) is 11.1 Å². The summed E-state index contributed by atoms with van der Waals surface area (Å²) >= 11 is 0. The molecule has 0 saturated carbocycles. The molecule has 94 valence electrons. The topological polar surface area (TPSA) is 68.4 Å². The lowest BCUT2D eigenvalue weighted by atomic mass is 10.0. The zero-order chi connectivity index (χ0) is 13.0. The quantitative estimate of drug-likeness (QED) is 0.813. The van der Waals surface area contributed by atoms with E-state index in [0.29, 0.717) is 18.0 Å². The van der Waals surface area contributed by atoms with Crippen LogP contribution in [0.2, 0.25) is 0 Å². The normalized spacial score (nSPS) is 10.4. The van der Waals surface area contributed by atoms with Gasteiger partial charge >= 0.3 is 11.9 Å². The molecule has 0 spiro atoms. The highest BCUT2D eigenvalue weighted by molar-refractivity contribution is 6.04. The first-order valence-electron chi connectivity index (χ1n) is 5.38. The van der Waals surface area contributed by atoms with Crippen LogP contribution in [0.1, 0.15) is 40.3 Å². The van der Waals surface area contributed by atoms with Gasteiger partial charge in [-0.25, -0.2) is 9.59 Å². The Kier molecular flexibility index (Phi) is 4.31. The fourth-order valence-corrected chi connectivity index (χ4v) is 1.64. The summed E-state index contributed by atoms with van der Waals surface area (Å²) in [5.74, 6) is -0.707. The molecule has 17 heavy (non-hydrogen) atoms. The Hall–Kier alpha value is -1.78. The van der Waals surface area contributed by atoms with Gasteiger partial charge in [-0.3, -0.25) is 0 Å². The van der Waals surface area contributed by atoms with E-state index in [0.717, 1.165) is 0 Å². The largest absolute Gasteiger partial charge is 0.465 e. The first kappa shape index (κ1) is 13.3. The fourth-order valence-electron chi connectivity index (χ4n) is 1.64. The summed E-state index contributed by atoms with van der Waals surface area (Å²) in [6.45, 7) is 4.05. The number of H-pyrrole nitrogens is 1. The summed E-state index contributed by atoms with van der Waals surface area (Å²) < 4.78 is 9.31. The van der Waals surface area contributed by atoms with Crippen molar-refractivity contribution in [3.63, 3.8) is 0 Å². The minimum atomic E-state index is -0.545. The molecule has 5 heteroatoms. The van der Waals surface area contributed by atoms with E-state index in [1.165, 1.54) is 20.4 Å². The summed E-state index contributed by atoms with van der Waals surface area (Å²) in [5, 5.41) is 0. The highest BCUT2D eigenvalue weighted by Crippen LogP contribution is 2.19. The van der Waals surface area contributed by atoms with E-state index >= 15 is 0 Å². The Bertz CT molecular complexity index is 420. The molecule has 0 unspecified atom stereocenters. The number of hydrogen-bond acceptors (Lipinski definition) is 4.